The van der Waals surface area contributed by atoms with Crippen molar-refractivity contribution in [3.05, 3.63) is 0 Å². The molecule has 2 N–H and O–H groups in total. The lowest BCUT2D eigenvalue weighted by molar-refractivity contribution is -0.124. The molecule has 0 aromatic carbocycles. The summed E-state index contributed by atoms with van der Waals surface area (Å²) in [4.78, 5) is 13.4. The Labute approximate surface area is 109 Å². The summed E-state index contributed by atoms with van der Waals surface area (Å²) in [7, 11) is 0. The maximum absolute atomic E-state index is 11.1. The van der Waals surface area contributed by atoms with Gasteiger partial charge in [-0.2, -0.15) is 0 Å². The lowest BCUT2D eigenvalue weighted by Gasteiger charge is -2.32. The predicted molar refractivity (Wildman–Crippen MR) is 69.5 cm³/mol. The molecular weight excluding hydrogens is 249 g/mol. The van der Waals surface area contributed by atoms with Gasteiger partial charge < -0.3 is 10.6 Å². The standard InChI is InChI=1S/C10H19N3O.2ClH/c14-10-8-13(5-4-12-10)7-9-2-1-3-11-6-9;;/h9,11H,1-8H2,(H,12,14);2*1H. The van der Waals surface area contributed by atoms with Crippen LogP contribution in [0.3, 0.4) is 0 Å². The zero-order valence-electron chi connectivity index (χ0n) is 9.41. The smallest absolute Gasteiger partial charge is 0.234 e. The molecule has 0 radical (unpaired) electrons. The molecule has 2 aliphatic heterocycles. The lowest BCUT2D eigenvalue weighted by Crippen LogP contribution is -2.50. The van der Waals surface area contributed by atoms with Gasteiger partial charge in [0, 0.05) is 19.6 Å². The van der Waals surface area contributed by atoms with Crippen LogP contribution in [0.4, 0.5) is 0 Å². The van der Waals surface area contributed by atoms with E-state index in [-0.39, 0.29) is 30.7 Å². The van der Waals surface area contributed by atoms with Crippen molar-refractivity contribution >= 4 is 30.7 Å². The molecule has 0 spiro atoms. The van der Waals surface area contributed by atoms with Gasteiger partial charge in [0.05, 0.1) is 6.54 Å². The molecule has 16 heavy (non-hydrogen) atoms. The third-order valence-electron chi connectivity index (χ3n) is 3.03. The summed E-state index contributed by atoms with van der Waals surface area (Å²) >= 11 is 0. The van der Waals surface area contributed by atoms with Crippen LogP contribution in [0.2, 0.25) is 0 Å². The first kappa shape index (κ1) is 16.0. The second-order valence-electron chi connectivity index (χ2n) is 4.30. The van der Waals surface area contributed by atoms with Crippen LogP contribution in [-0.4, -0.2) is 50.1 Å². The molecule has 2 saturated heterocycles. The highest BCUT2D eigenvalue weighted by atomic mass is 35.5. The molecule has 1 unspecified atom stereocenters. The van der Waals surface area contributed by atoms with Crippen molar-refractivity contribution < 1.29 is 4.79 Å². The third-order valence-corrected chi connectivity index (χ3v) is 3.03. The summed E-state index contributed by atoms with van der Waals surface area (Å²) in [6.07, 6.45) is 2.59. The third kappa shape index (κ3) is 4.87. The number of carbonyl (C=O) groups excluding carboxylic acids is 1. The van der Waals surface area contributed by atoms with Gasteiger partial charge in [-0.15, -0.1) is 24.8 Å². The summed E-state index contributed by atoms with van der Waals surface area (Å²) < 4.78 is 0. The Balaban J connectivity index is 0.00000112. The SMILES string of the molecule is Cl.Cl.O=C1CN(CC2CCCNC2)CCN1. The Kier molecular flexibility index (Phi) is 8.10. The molecule has 1 amide bonds. The minimum atomic E-state index is 0. The van der Waals surface area contributed by atoms with E-state index in [2.05, 4.69) is 15.5 Å². The molecule has 96 valence electrons. The van der Waals surface area contributed by atoms with Gasteiger partial charge in [0.25, 0.3) is 0 Å². The van der Waals surface area contributed by atoms with Gasteiger partial charge in [-0.25, -0.2) is 0 Å². The molecular formula is C10H21Cl2N3O. The van der Waals surface area contributed by atoms with Crippen LogP contribution in [0, 0.1) is 5.92 Å². The van der Waals surface area contributed by atoms with E-state index < -0.39 is 0 Å². The fourth-order valence-electron chi connectivity index (χ4n) is 2.29. The maximum atomic E-state index is 11.1. The molecule has 6 heteroatoms. The molecule has 1 atom stereocenters. The van der Waals surface area contributed by atoms with Crippen LogP contribution < -0.4 is 10.6 Å². The van der Waals surface area contributed by atoms with Crippen LogP contribution in [0.1, 0.15) is 12.8 Å². The highest BCUT2D eigenvalue weighted by Crippen LogP contribution is 2.11. The topological polar surface area (TPSA) is 44.4 Å². The normalized spacial score (nSPS) is 26.2. The van der Waals surface area contributed by atoms with Crippen LogP contribution in [0.15, 0.2) is 0 Å². The fraction of sp³-hybridized carbons (Fsp3) is 0.900. The largest absolute Gasteiger partial charge is 0.354 e. The monoisotopic (exact) mass is 269 g/mol. The molecule has 0 aliphatic carbocycles. The molecule has 0 bridgehead atoms. The first-order valence-electron chi connectivity index (χ1n) is 5.54. The van der Waals surface area contributed by atoms with Crippen LogP contribution in [0.25, 0.3) is 0 Å². The molecule has 2 heterocycles. The van der Waals surface area contributed by atoms with E-state index in [0.29, 0.717) is 6.54 Å². The van der Waals surface area contributed by atoms with Gasteiger partial charge in [-0.3, -0.25) is 9.69 Å². The number of halogens is 2. The fourth-order valence-corrected chi connectivity index (χ4v) is 2.29. The predicted octanol–water partition coefficient (Wildman–Crippen LogP) is 0.261. The van der Waals surface area contributed by atoms with Gasteiger partial charge >= 0.3 is 0 Å². The zero-order chi connectivity index (χ0) is 9.80. The highest BCUT2D eigenvalue weighted by Gasteiger charge is 2.20. The van der Waals surface area contributed by atoms with Crippen LogP contribution in [-0.2, 0) is 4.79 Å². The highest BCUT2D eigenvalue weighted by molar-refractivity contribution is 5.85. The quantitative estimate of drug-likeness (QED) is 0.756. The molecule has 0 aromatic heterocycles. The first-order valence-corrected chi connectivity index (χ1v) is 5.54. The number of nitrogens with one attached hydrogen (secondary N) is 2. The van der Waals surface area contributed by atoms with Crippen molar-refractivity contribution in [2.45, 2.75) is 12.8 Å². The maximum Gasteiger partial charge on any atom is 0.234 e. The van der Waals surface area contributed by atoms with Crippen molar-refractivity contribution in [1.29, 1.82) is 0 Å². The number of piperazine rings is 1. The lowest BCUT2D eigenvalue weighted by atomic mass is 9.99. The number of hydrogen-bond donors (Lipinski definition) is 2. The van der Waals surface area contributed by atoms with Gasteiger partial charge in [0.1, 0.15) is 0 Å². The van der Waals surface area contributed by atoms with E-state index >= 15 is 0 Å². The van der Waals surface area contributed by atoms with Crippen molar-refractivity contribution in [2.24, 2.45) is 5.92 Å². The molecule has 0 saturated carbocycles. The van der Waals surface area contributed by atoms with Gasteiger partial charge in [0.2, 0.25) is 5.91 Å². The van der Waals surface area contributed by atoms with Gasteiger partial charge in [-0.05, 0) is 31.8 Å². The summed E-state index contributed by atoms with van der Waals surface area (Å²) in [5.74, 6) is 0.926. The average molecular weight is 270 g/mol. The molecule has 2 rings (SSSR count). The number of amides is 1. The molecule has 0 aromatic rings. The Morgan fingerprint density at radius 1 is 1.31 bits per heavy atom. The molecule has 4 nitrogen and oxygen atoms in total. The van der Waals surface area contributed by atoms with E-state index in [4.69, 9.17) is 0 Å². The second-order valence-corrected chi connectivity index (χ2v) is 4.30. The van der Waals surface area contributed by atoms with Crippen molar-refractivity contribution in [3.63, 3.8) is 0 Å². The van der Waals surface area contributed by atoms with Crippen molar-refractivity contribution in [2.75, 3.05) is 39.3 Å². The number of piperidine rings is 1. The zero-order valence-corrected chi connectivity index (χ0v) is 11.0. The summed E-state index contributed by atoms with van der Waals surface area (Å²) in [6.45, 7) is 5.80. The van der Waals surface area contributed by atoms with E-state index in [9.17, 15) is 4.79 Å². The van der Waals surface area contributed by atoms with Crippen LogP contribution in [0.5, 0.6) is 0 Å². The Morgan fingerprint density at radius 3 is 2.75 bits per heavy atom. The second kappa shape index (κ2) is 8.12. The molecule has 2 fully saturated rings. The van der Waals surface area contributed by atoms with E-state index in [0.717, 1.165) is 38.6 Å². The van der Waals surface area contributed by atoms with Gasteiger partial charge in [-0.1, -0.05) is 0 Å². The first-order chi connectivity index (χ1) is 6.84. The van der Waals surface area contributed by atoms with E-state index in [1.54, 1.807) is 0 Å². The molecule has 2 aliphatic rings. The summed E-state index contributed by atoms with van der Waals surface area (Å²) in [5, 5.41) is 6.26. The number of nitrogens with zero attached hydrogens (tertiary/aromatic N) is 1. The summed E-state index contributed by atoms with van der Waals surface area (Å²) in [6, 6.07) is 0. The Morgan fingerprint density at radius 2 is 2.12 bits per heavy atom. The van der Waals surface area contributed by atoms with Crippen molar-refractivity contribution in [1.82, 2.24) is 15.5 Å². The van der Waals surface area contributed by atoms with E-state index in [1.807, 2.05) is 0 Å². The van der Waals surface area contributed by atoms with E-state index in [1.165, 1.54) is 12.8 Å². The Hall–Kier alpha value is -0.0300. The minimum absolute atomic E-state index is 0. The number of rotatable bonds is 2. The Bertz CT molecular complexity index is 210. The minimum Gasteiger partial charge on any atom is -0.354 e. The summed E-state index contributed by atoms with van der Waals surface area (Å²) in [5.41, 5.74) is 0. The van der Waals surface area contributed by atoms with Gasteiger partial charge in [0.15, 0.2) is 0 Å². The number of hydrogen-bond acceptors (Lipinski definition) is 3. The van der Waals surface area contributed by atoms with Crippen LogP contribution >= 0.6 is 24.8 Å². The average Bonchev–Trinajstić information content (AvgIpc) is 2.19. The number of carbonyl (C=O) groups is 1. The van der Waals surface area contributed by atoms with Crippen molar-refractivity contribution in [3.8, 4) is 0 Å².